The van der Waals surface area contributed by atoms with Gasteiger partial charge < -0.3 is 10.2 Å². The van der Waals surface area contributed by atoms with Crippen LogP contribution in [0, 0.1) is 10.1 Å². The first-order valence-electron chi connectivity index (χ1n) is 7.37. The van der Waals surface area contributed by atoms with E-state index in [1.807, 2.05) is 0 Å². The van der Waals surface area contributed by atoms with Crippen molar-refractivity contribution in [3.63, 3.8) is 0 Å². The molecule has 0 aromatic heterocycles. The van der Waals surface area contributed by atoms with Crippen LogP contribution in [0.4, 0.5) is 5.69 Å². The van der Waals surface area contributed by atoms with Crippen LogP contribution >= 0.6 is 0 Å². The lowest BCUT2D eigenvalue weighted by Gasteiger charge is -2.06. The van der Waals surface area contributed by atoms with Crippen molar-refractivity contribution in [1.82, 2.24) is 0 Å². The molecule has 3 aromatic rings. The van der Waals surface area contributed by atoms with Gasteiger partial charge in [0.15, 0.2) is 5.78 Å². The molecule has 6 heteroatoms. The number of ketones is 1. The Bertz CT molecular complexity index is 947. The topological polar surface area (TPSA) is 101 Å². The zero-order valence-corrected chi connectivity index (χ0v) is 12.9. The maximum atomic E-state index is 12.4. The van der Waals surface area contributed by atoms with Crippen LogP contribution in [0.1, 0.15) is 15.9 Å². The van der Waals surface area contributed by atoms with Crippen molar-refractivity contribution >= 4 is 11.5 Å². The second kappa shape index (κ2) is 6.45. The van der Waals surface area contributed by atoms with Crippen LogP contribution in [0.3, 0.4) is 0 Å². The number of carbonyl (C=O) groups is 1. The highest BCUT2D eigenvalue weighted by Gasteiger charge is 2.14. The van der Waals surface area contributed by atoms with E-state index in [4.69, 9.17) is 0 Å². The maximum Gasteiger partial charge on any atom is 0.269 e. The molecule has 0 aliphatic heterocycles. The van der Waals surface area contributed by atoms with Gasteiger partial charge in [0.05, 0.1) is 10.5 Å². The molecule has 0 aliphatic carbocycles. The van der Waals surface area contributed by atoms with Gasteiger partial charge in [0.2, 0.25) is 0 Å². The number of phenols is 2. The molecule has 0 saturated heterocycles. The first-order chi connectivity index (χ1) is 12.0. The molecule has 124 valence electrons. The number of non-ortho nitro benzene ring substituents is 1. The highest BCUT2D eigenvalue weighted by molar-refractivity contribution is 6.10. The zero-order valence-electron chi connectivity index (χ0n) is 12.9. The van der Waals surface area contributed by atoms with E-state index in [-0.39, 0.29) is 28.5 Å². The van der Waals surface area contributed by atoms with Gasteiger partial charge in [-0.1, -0.05) is 24.3 Å². The molecule has 0 fully saturated rings. The highest BCUT2D eigenvalue weighted by Crippen LogP contribution is 2.27. The van der Waals surface area contributed by atoms with E-state index in [0.29, 0.717) is 5.56 Å². The van der Waals surface area contributed by atoms with E-state index in [2.05, 4.69) is 0 Å². The minimum atomic E-state index is -0.463. The molecule has 2 N–H and O–H groups in total. The van der Waals surface area contributed by atoms with Crippen molar-refractivity contribution in [3.05, 3.63) is 88.0 Å². The number of aromatic hydroxyl groups is 2. The largest absolute Gasteiger partial charge is 0.508 e. The quantitative estimate of drug-likeness (QED) is 0.428. The Morgan fingerprint density at radius 2 is 1.40 bits per heavy atom. The molecule has 0 unspecified atom stereocenters. The van der Waals surface area contributed by atoms with Gasteiger partial charge in [0, 0.05) is 23.8 Å². The van der Waals surface area contributed by atoms with Gasteiger partial charge in [-0.2, -0.15) is 0 Å². The summed E-state index contributed by atoms with van der Waals surface area (Å²) in [6, 6.07) is 16.6. The molecule has 0 aliphatic rings. The number of benzene rings is 3. The Hall–Kier alpha value is -3.67. The lowest BCUT2D eigenvalue weighted by Crippen LogP contribution is -2.01. The summed E-state index contributed by atoms with van der Waals surface area (Å²) in [5, 5.41) is 29.8. The fourth-order valence-corrected chi connectivity index (χ4v) is 2.46. The number of carbonyl (C=O) groups excluding carboxylic acids is 1. The van der Waals surface area contributed by atoms with Crippen LogP contribution < -0.4 is 0 Å². The minimum absolute atomic E-state index is 0.0124. The van der Waals surface area contributed by atoms with E-state index in [1.54, 1.807) is 36.4 Å². The number of nitro groups is 1. The van der Waals surface area contributed by atoms with Crippen LogP contribution in [-0.2, 0) is 0 Å². The molecule has 25 heavy (non-hydrogen) atoms. The molecule has 3 aromatic carbocycles. The summed E-state index contributed by atoms with van der Waals surface area (Å²) in [7, 11) is 0. The first kappa shape index (κ1) is 16.2. The van der Waals surface area contributed by atoms with Gasteiger partial charge in [0.25, 0.3) is 5.69 Å². The molecule has 0 radical (unpaired) electrons. The molecule has 6 nitrogen and oxygen atoms in total. The molecule has 0 spiro atoms. The van der Waals surface area contributed by atoms with Crippen LogP contribution in [0.5, 0.6) is 11.5 Å². The Kier molecular flexibility index (Phi) is 4.18. The average Bonchev–Trinajstić information content (AvgIpc) is 2.61. The molecule has 0 bridgehead atoms. The average molecular weight is 335 g/mol. The summed E-state index contributed by atoms with van der Waals surface area (Å²) >= 11 is 0. The smallest absolute Gasteiger partial charge is 0.269 e. The third-order valence-electron chi connectivity index (χ3n) is 3.78. The fourth-order valence-electron chi connectivity index (χ4n) is 2.46. The van der Waals surface area contributed by atoms with Gasteiger partial charge in [-0.05, 0) is 35.4 Å². The van der Waals surface area contributed by atoms with Gasteiger partial charge in [-0.25, -0.2) is 0 Å². The number of nitrogens with zero attached hydrogens (tertiary/aromatic N) is 1. The minimum Gasteiger partial charge on any atom is -0.508 e. The van der Waals surface area contributed by atoms with E-state index >= 15 is 0 Å². The molecule has 0 atom stereocenters. The van der Waals surface area contributed by atoms with Crippen LogP contribution in [-0.4, -0.2) is 20.9 Å². The van der Waals surface area contributed by atoms with E-state index in [0.717, 1.165) is 17.2 Å². The van der Waals surface area contributed by atoms with Crippen LogP contribution in [0.2, 0.25) is 0 Å². The lowest BCUT2D eigenvalue weighted by atomic mass is 9.98. The maximum absolute atomic E-state index is 12.4. The van der Waals surface area contributed by atoms with E-state index in [9.17, 15) is 25.1 Å². The van der Waals surface area contributed by atoms with Gasteiger partial charge in [-0.3, -0.25) is 14.9 Å². The van der Waals surface area contributed by atoms with Crippen molar-refractivity contribution < 1.29 is 19.9 Å². The van der Waals surface area contributed by atoms with Crippen molar-refractivity contribution in [2.75, 3.05) is 0 Å². The second-order valence-corrected chi connectivity index (χ2v) is 5.41. The summed E-state index contributed by atoms with van der Waals surface area (Å²) in [6.07, 6.45) is 0. The normalized spacial score (nSPS) is 10.4. The number of nitro benzene ring substituents is 1. The third kappa shape index (κ3) is 3.32. The highest BCUT2D eigenvalue weighted by atomic mass is 16.6. The number of hydrogen-bond acceptors (Lipinski definition) is 5. The molecule has 0 saturated carbocycles. The number of phenolic OH excluding ortho intramolecular Hbond substituents is 2. The molecule has 0 heterocycles. The predicted octanol–water partition coefficient (Wildman–Crippen LogP) is 3.90. The summed E-state index contributed by atoms with van der Waals surface area (Å²) < 4.78 is 0. The Balaban J connectivity index is 1.86. The summed E-state index contributed by atoms with van der Waals surface area (Å²) in [6.45, 7) is 0. The number of rotatable bonds is 4. The standard InChI is InChI=1S/C19H13NO5/c21-16-9-10-17(18(22)11-16)19(23)14-3-1-12(2-4-14)13-5-7-15(8-6-13)20(24)25/h1-11,21-22H. The first-order valence-corrected chi connectivity index (χ1v) is 7.37. The predicted molar refractivity (Wildman–Crippen MR) is 91.7 cm³/mol. The molecule has 0 amide bonds. The van der Waals surface area contributed by atoms with Crippen molar-refractivity contribution in [2.45, 2.75) is 0 Å². The number of hydrogen-bond donors (Lipinski definition) is 2. The third-order valence-corrected chi connectivity index (χ3v) is 3.78. The molecular formula is C19H13NO5. The SMILES string of the molecule is O=C(c1ccc(-c2ccc([N+](=O)[O-])cc2)cc1)c1ccc(O)cc1O. The second-order valence-electron chi connectivity index (χ2n) is 5.41. The Morgan fingerprint density at radius 3 is 1.92 bits per heavy atom. The van der Waals surface area contributed by atoms with Crippen LogP contribution in [0.15, 0.2) is 66.7 Å². The molecular weight excluding hydrogens is 322 g/mol. The fraction of sp³-hybridized carbons (Fsp3) is 0. The van der Waals surface area contributed by atoms with Gasteiger partial charge in [0.1, 0.15) is 11.5 Å². The summed E-state index contributed by atoms with van der Waals surface area (Å²) in [5.41, 5.74) is 2.09. The summed E-state index contributed by atoms with van der Waals surface area (Å²) in [5.74, 6) is -0.778. The van der Waals surface area contributed by atoms with Gasteiger partial charge in [-0.15, -0.1) is 0 Å². The van der Waals surface area contributed by atoms with E-state index < -0.39 is 4.92 Å². The monoisotopic (exact) mass is 335 g/mol. The van der Waals surface area contributed by atoms with Crippen molar-refractivity contribution in [2.24, 2.45) is 0 Å². The zero-order chi connectivity index (χ0) is 18.0. The molecule has 3 rings (SSSR count). The Morgan fingerprint density at radius 1 is 0.840 bits per heavy atom. The van der Waals surface area contributed by atoms with Crippen molar-refractivity contribution in [3.8, 4) is 22.6 Å². The van der Waals surface area contributed by atoms with Crippen molar-refractivity contribution in [1.29, 1.82) is 0 Å². The van der Waals surface area contributed by atoms with E-state index in [1.165, 1.54) is 24.3 Å². The Labute approximate surface area is 142 Å². The lowest BCUT2D eigenvalue weighted by molar-refractivity contribution is -0.384. The summed E-state index contributed by atoms with van der Waals surface area (Å²) in [4.78, 5) is 22.7. The van der Waals surface area contributed by atoms with Crippen LogP contribution in [0.25, 0.3) is 11.1 Å². The van der Waals surface area contributed by atoms with Gasteiger partial charge >= 0.3 is 0 Å².